The Hall–Kier alpha value is -2.02. The van der Waals surface area contributed by atoms with Gasteiger partial charge in [0.15, 0.2) is 0 Å². The number of rotatable bonds is 4. The molecule has 0 radical (unpaired) electrons. The SMILES string of the molecule is CCC1SCC(C(=O)O)N1C(=O)c1ccc(C(N)=O)cc1. The summed E-state index contributed by atoms with van der Waals surface area (Å²) in [5, 5.41) is 9.10. The highest BCUT2D eigenvalue weighted by atomic mass is 32.2. The van der Waals surface area contributed by atoms with Gasteiger partial charge in [-0.3, -0.25) is 9.59 Å². The van der Waals surface area contributed by atoms with Crippen LogP contribution in [-0.4, -0.2) is 45.0 Å². The van der Waals surface area contributed by atoms with Crippen LogP contribution < -0.4 is 5.73 Å². The van der Waals surface area contributed by atoms with Crippen LogP contribution in [0.1, 0.15) is 34.1 Å². The van der Waals surface area contributed by atoms with Crippen molar-refractivity contribution in [1.29, 1.82) is 0 Å². The van der Waals surface area contributed by atoms with Gasteiger partial charge in [-0.15, -0.1) is 11.8 Å². The van der Waals surface area contributed by atoms with Crippen molar-refractivity contribution < 1.29 is 19.5 Å². The van der Waals surface area contributed by atoms with Gasteiger partial charge in [-0.25, -0.2) is 4.79 Å². The Morgan fingerprint density at radius 3 is 2.33 bits per heavy atom. The van der Waals surface area contributed by atoms with Gasteiger partial charge in [0.1, 0.15) is 6.04 Å². The van der Waals surface area contributed by atoms with Crippen molar-refractivity contribution in [1.82, 2.24) is 4.90 Å². The summed E-state index contributed by atoms with van der Waals surface area (Å²) in [7, 11) is 0. The lowest BCUT2D eigenvalue weighted by Gasteiger charge is -2.26. The van der Waals surface area contributed by atoms with Crippen LogP contribution in [0.3, 0.4) is 0 Å². The van der Waals surface area contributed by atoms with E-state index in [0.29, 0.717) is 23.3 Å². The van der Waals surface area contributed by atoms with Gasteiger partial charge in [-0.05, 0) is 30.7 Å². The number of carboxylic acid groups (broad SMARTS) is 1. The molecule has 0 aliphatic carbocycles. The predicted molar refractivity (Wildman–Crippen MR) is 79.1 cm³/mol. The first-order chi connectivity index (χ1) is 9.95. The van der Waals surface area contributed by atoms with E-state index in [0.717, 1.165) is 0 Å². The van der Waals surface area contributed by atoms with Gasteiger partial charge in [0.25, 0.3) is 5.91 Å². The topological polar surface area (TPSA) is 101 Å². The van der Waals surface area contributed by atoms with Crippen molar-refractivity contribution in [3.8, 4) is 0 Å². The van der Waals surface area contributed by atoms with Crippen LogP contribution in [-0.2, 0) is 4.79 Å². The first kappa shape index (κ1) is 15.4. The molecule has 0 saturated carbocycles. The third kappa shape index (κ3) is 3.02. The number of thioether (sulfide) groups is 1. The fraction of sp³-hybridized carbons (Fsp3) is 0.357. The largest absolute Gasteiger partial charge is 0.480 e. The molecule has 112 valence electrons. The molecule has 2 rings (SSSR count). The Morgan fingerprint density at radius 2 is 1.86 bits per heavy atom. The number of carbonyl (C=O) groups excluding carboxylic acids is 2. The van der Waals surface area contributed by atoms with Crippen molar-refractivity contribution in [3.63, 3.8) is 0 Å². The minimum absolute atomic E-state index is 0.144. The molecule has 6 nitrogen and oxygen atoms in total. The van der Waals surface area contributed by atoms with E-state index in [1.165, 1.54) is 40.9 Å². The Balaban J connectivity index is 2.27. The van der Waals surface area contributed by atoms with Crippen LogP contribution in [0.15, 0.2) is 24.3 Å². The first-order valence-electron chi connectivity index (χ1n) is 6.52. The maximum atomic E-state index is 12.5. The molecule has 0 aromatic heterocycles. The van der Waals surface area contributed by atoms with Crippen LogP contribution in [0.4, 0.5) is 0 Å². The Labute approximate surface area is 126 Å². The number of carbonyl (C=O) groups is 3. The first-order valence-corrected chi connectivity index (χ1v) is 7.57. The van der Waals surface area contributed by atoms with Crippen LogP contribution in [0.5, 0.6) is 0 Å². The second-order valence-electron chi connectivity index (χ2n) is 4.70. The summed E-state index contributed by atoms with van der Waals surface area (Å²) in [6.07, 6.45) is 0.680. The molecule has 1 aliphatic rings. The van der Waals surface area contributed by atoms with Crippen molar-refractivity contribution in [3.05, 3.63) is 35.4 Å². The summed E-state index contributed by atoms with van der Waals surface area (Å²) in [6, 6.07) is 5.11. The van der Waals surface area contributed by atoms with E-state index in [1.54, 1.807) is 0 Å². The predicted octanol–water partition coefficient (Wildman–Crippen LogP) is 1.16. The number of carboxylic acids is 1. The van der Waals surface area contributed by atoms with Gasteiger partial charge >= 0.3 is 5.97 Å². The molecule has 1 aromatic rings. The zero-order valence-electron chi connectivity index (χ0n) is 11.5. The highest BCUT2D eigenvalue weighted by Gasteiger charge is 2.41. The number of amides is 2. The highest BCUT2D eigenvalue weighted by molar-refractivity contribution is 8.00. The monoisotopic (exact) mass is 308 g/mol. The number of hydrogen-bond acceptors (Lipinski definition) is 4. The molecule has 0 bridgehead atoms. The van der Waals surface area contributed by atoms with Crippen molar-refractivity contribution in [2.24, 2.45) is 5.73 Å². The fourth-order valence-electron chi connectivity index (χ4n) is 2.27. The zero-order valence-corrected chi connectivity index (χ0v) is 12.3. The molecule has 0 spiro atoms. The lowest BCUT2D eigenvalue weighted by Crippen LogP contribution is -2.45. The summed E-state index contributed by atoms with van der Waals surface area (Å²) in [4.78, 5) is 36.3. The lowest BCUT2D eigenvalue weighted by molar-refractivity contribution is -0.141. The molecule has 1 saturated heterocycles. The molecule has 1 aromatic carbocycles. The summed E-state index contributed by atoms with van der Waals surface area (Å²) in [5.41, 5.74) is 5.82. The van der Waals surface area contributed by atoms with Crippen molar-refractivity contribution >= 4 is 29.5 Å². The summed E-state index contributed by atoms with van der Waals surface area (Å²) in [5.74, 6) is -1.52. The van der Waals surface area contributed by atoms with Gasteiger partial charge in [0.05, 0.1) is 5.37 Å². The standard InChI is InChI=1S/C14H16N2O4S/c1-2-11-16(10(7-21-11)14(19)20)13(18)9-5-3-8(4-6-9)12(15)17/h3-6,10-11H,2,7H2,1H3,(H2,15,17)(H,19,20). The molecule has 21 heavy (non-hydrogen) atoms. The van der Waals surface area contributed by atoms with Crippen molar-refractivity contribution in [2.45, 2.75) is 24.8 Å². The van der Waals surface area contributed by atoms with Crippen LogP contribution in [0.2, 0.25) is 0 Å². The number of nitrogens with two attached hydrogens (primary N) is 1. The minimum atomic E-state index is -0.999. The number of hydrogen-bond donors (Lipinski definition) is 2. The summed E-state index contributed by atoms with van der Waals surface area (Å²) < 4.78 is 0. The molecule has 3 N–H and O–H groups in total. The van der Waals surface area contributed by atoms with Gasteiger partial charge in [0.2, 0.25) is 5.91 Å². The second-order valence-corrected chi connectivity index (χ2v) is 5.92. The molecule has 2 atom stereocenters. The van der Waals surface area contributed by atoms with E-state index < -0.39 is 17.9 Å². The third-order valence-corrected chi connectivity index (χ3v) is 4.83. The highest BCUT2D eigenvalue weighted by Crippen LogP contribution is 2.32. The number of aliphatic carboxylic acids is 1. The Bertz CT molecular complexity index is 573. The Kier molecular flexibility index (Phi) is 4.52. The normalized spacial score (nSPS) is 21.3. The van der Waals surface area contributed by atoms with Gasteiger partial charge < -0.3 is 15.7 Å². The molecule has 1 heterocycles. The Morgan fingerprint density at radius 1 is 1.29 bits per heavy atom. The van der Waals surface area contributed by atoms with E-state index >= 15 is 0 Å². The molecule has 2 amide bonds. The minimum Gasteiger partial charge on any atom is -0.480 e. The molecule has 1 fully saturated rings. The van der Waals surface area contributed by atoms with E-state index in [2.05, 4.69) is 0 Å². The molecule has 2 unspecified atom stereocenters. The maximum Gasteiger partial charge on any atom is 0.327 e. The van der Waals surface area contributed by atoms with Crippen molar-refractivity contribution in [2.75, 3.05) is 5.75 Å². The quantitative estimate of drug-likeness (QED) is 0.869. The molecule has 7 heteroatoms. The lowest BCUT2D eigenvalue weighted by atomic mass is 10.1. The van der Waals surface area contributed by atoms with Crippen LogP contribution in [0, 0.1) is 0 Å². The second kappa shape index (κ2) is 6.17. The number of nitrogens with zero attached hydrogens (tertiary/aromatic N) is 1. The van der Waals surface area contributed by atoms with Gasteiger partial charge in [0, 0.05) is 16.9 Å². The van der Waals surface area contributed by atoms with Gasteiger partial charge in [-0.1, -0.05) is 6.92 Å². The fourth-order valence-corrected chi connectivity index (χ4v) is 3.61. The summed E-state index contributed by atoms with van der Waals surface area (Å²) in [6.45, 7) is 1.92. The van der Waals surface area contributed by atoms with Crippen LogP contribution in [0.25, 0.3) is 0 Å². The maximum absolute atomic E-state index is 12.5. The van der Waals surface area contributed by atoms with Crippen LogP contribution >= 0.6 is 11.8 Å². The summed E-state index contributed by atoms with van der Waals surface area (Å²) >= 11 is 1.47. The molecular weight excluding hydrogens is 292 g/mol. The number of primary amides is 1. The van der Waals surface area contributed by atoms with Gasteiger partial charge in [-0.2, -0.15) is 0 Å². The number of benzene rings is 1. The van der Waals surface area contributed by atoms with E-state index in [4.69, 9.17) is 5.73 Å². The smallest absolute Gasteiger partial charge is 0.327 e. The zero-order chi connectivity index (χ0) is 15.6. The molecular formula is C14H16N2O4S. The molecule has 1 aliphatic heterocycles. The van der Waals surface area contributed by atoms with E-state index in [1.807, 2.05) is 6.92 Å². The third-order valence-electron chi connectivity index (χ3n) is 3.38. The average molecular weight is 308 g/mol. The van der Waals surface area contributed by atoms with E-state index in [9.17, 15) is 19.5 Å². The van der Waals surface area contributed by atoms with E-state index in [-0.39, 0.29) is 11.3 Å². The average Bonchev–Trinajstić information content (AvgIpc) is 2.90.